The van der Waals surface area contributed by atoms with Crippen molar-refractivity contribution in [3.05, 3.63) is 48.8 Å². The van der Waals surface area contributed by atoms with E-state index in [0.717, 1.165) is 34.5 Å². The zero-order chi connectivity index (χ0) is 14.4. The second-order valence-corrected chi connectivity index (χ2v) is 5.19. The lowest BCUT2D eigenvalue weighted by Crippen LogP contribution is -2.01. The van der Waals surface area contributed by atoms with Gasteiger partial charge < -0.3 is 9.13 Å². The fourth-order valence-corrected chi connectivity index (χ4v) is 3.01. The van der Waals surface area contributed by atoms with Crippen molar-refractivity contribution in [3.8, 4) is 11.5 Å². The largest absolute Gasteiger partial charge is 0.338 e. The van der Waals surface area contributed by atoms with Gasteiger partial charge in [-0.05, 0) is 31.2 Å². The Labute approximate surface area is 122 Å². The molecule has 0 unspecified atom stereocenters. The number of nitrogens with zero attached hydrogens (tertiary/aromatic N) is 4. The predicted octanol–water partition coefficient (Wildman–Crippen LogP) is 3.61. The number of aryl methyl sites for hydroxylation is 2. The molecule has 0 spiro atoms. The van der Waals surface area contributed by atoms with Crippen LogP contribution in [0.1, 0.15) is 6.92 Å². The van der Waals surface area contributed by atoms with Gasteiger partial charge in [0.05, 0.1) is 22.2 Å². The van der Waals surface area contributed by atoms with Gasteiger partial charge in [-0.1, -0.05) is 12.1 Å². The molecule has 4 rings (SSSR count). The zero-order valence-corrected chi connectivity index (χ0v) is 12.1. The molecule has 1 aromatic carbocycles. The third-order valence-electron chi connectivity index (χ3n) is 4.03. The van der Waals surface area contributed by atoms with E-state index in [4.69, 9.17) is 4.98 Å². The van der Waals surface area contributed by atoms with E-state index in [0.29, 0.717) is 0 Å². The smallest absolute Gasteiger partial charge is 0.157 e. The summed E-state index contributed by atoms with van der Waals surface area (Å²) in [6.07, 6.45) is 3.75. The molecule has 0 saturated carbocycles. The molecule has 4 nitrogen and oxygen atoms in total. The molecule has 0 amide bonds. The topological polar surface area (TPSA) is 35.6 Å². The summed E-state index contributed by atoms with van der Waals surface area (Å²) < 4.78 is 4.45. The van der Waals surface area contributed by atoms with E-state index in [2.05, 4.69) is 52.4 Å². The van der Waals surface area contributed by atoms with Crippen LogP contribution in [0.5, 0.6) is 0 Å². The van der Waals surface area contributed by atoms with Gasteiger partial charge in [0.1, 0.15) is 0 Å². The van der Waals surface area contributed by atoms with E-state index < -0.39 is 0 Å². The Balaban J connectivity index is 2.06. The Morgan fingerprint density at radius 1 is 1.10 bits per heavy atom. The van der Waals surface area contributed by atoms with Crippen molar-refractivity contribution in [3.63, 3.8) is 0 Å². The first-order chi connectivity index (χ1) is 10.3. The number of para-hydroxylation sites is 2. The number of hydrogen-bond acceptors (Lipinski definition) is 2. The lowest BCUT2D eigenvalue weighted by molar-refractivity contribution is 0.791. The lowest BCUT2D eigenvalue weighted by atomic mass is 10.3. The molecule has 4 heteroatoms. The van der Waals surface area contributed by atoms with Gasteiger partial charge in [0, 0.05) is 31.4 Å². The molecule has 0 fully saturated rings. The van der Waals surface area contributed by atoms with Crippen LogP contribution in [0.4, 0.5) is 0 Å². The maximum atomic E-state index is 4.81. The second-order valence-electron chi connectivity index (χ2n) is 5.19. The summed E-state index contributed by atoms with van der Waals surface area (Å²) in [4.78, 5) is 9.03. The number of imidazole rings is 1. The molecule has 3 aromatic heterocycles. The van der Waals surface area contributed by atoms with Crippen LogP contribution in [-0.2, 0) is 13.6 Å². The van der Waals surface area contributed by atoms with E-state index in [-0.39, 0.29) is 0 Å². The minimum absolute atomic E-state index is 0.909. The maximum Gasteiger partial charge on any atom is 0.157 e. The molecule has 0 aliphatic carbocycles. The molecule has 0 saturated heterocycles. The van der Waals surface area contributed by atoms with Crippen LogP contribution in [0.25, 0.3) is 33.5 Å². The van der Waals surface area contributed by atoms with E-state index in [1.807, 2.05) is 24.5 Å². The number of fused-ring (bicyclic) bond motifs is 2. The Morgan fingerprint density at radius 3 is 2.76 bits per heavy atom. The van der Waals surface area contributed by atoms with Crippen LogP contribution in [0, 0.1) is 0 Å². The quantitative estimate of drug-likeness (QED) is 0.560. The number of hydrogen-bond donors (Lipinski definition) is 0. The third kappa shape index (κ3) is 1.69. The lowest BCUT2D eigenvalue weighted by Gasteiger charge is -2.07. The molecule has 3 heterocycles. The van der Waals surface area contributed by atoms with Gasteiger partial charge in [0.15, 0.2) is 5.82 Å². The van der Waals surface area contributed by atoms with Crippen LogP contribution in [-0.4, -0.2) is 19.1 Å². The van der Waals surface area contributed by atoms with Crippen molar-refractivity contribution < 1.29 is 0 Å². The first-order valence-corrected chi connectivity index (χ1v) is 7.14. The van der Waals surface area contributed by atoms with Crippen molar-refractivity contribution in [1.82, 2.24) is 19.1 Å². The zero-order valence-electron chi connectivity index (χ0n) is 12.1. The highest BCUT2D eigenvalue weighted by Gasteiger charge is 2.15. The van der Waals surface area contributed by atoms with Crippen LogP contribution in [0.3, 0.4) is 0 Å². The average Bonchev–Trinajstić information content (AvgIpc) is 3.05. The van der Waals surface area contributed by atoms with E-state index in [1.165, 1.54) is 5.52 Å². The van der Waals surface area contributed by atoms with Gasteiger partial charge in [0.2, 0.25) is 0 Å². The summed E-state index contributed by atoms with van der Waals surface area (Å²) in [7, 11) is 2.07. The standard InChI is InChI=1S/C17H16N4/c1-3-21-14-8-9-18-11-12(14)10-16(21)17-19-13-6-4-5-7-15(13)20(17)2/h4-11H,3H2,1-2H3. The summed E-state index contributed by atoms with van der Waals surface area (Å²) in [5.41, 5.74) is 4.52. The Bertz CT molecular complexity index is 946. The van der Waals surface area contributed by atoms with Crippen LogP contribution in [0.2, 0.25) is 0 Å². The minimum Gasteiger partial charge on any atom is -0.338 e. The number of pyridine rings is 1. The van der Waals surface area contributed by atoms with Crippen molar-refractivity contribution in [1.29, 1.82) is 0 Å². The van der Waals surface area contributed by atoms with Crippen molar-refractivity contribution in [2.24, 2.45) is 7.05 Å². The molecule has 0 bridgehead atoms. The summed E-state index contributed by atoms with van der Waals surface area (Å²) in [5, 5.41) is 1.15. The normalized spacial score (nSPS) is 11.5. The van der Waals surface area contributed by atoms with E-state index in [1.54, 1.807) is 0 Å². The molecule has 0 aliphatic rings. The van der Waals surface area contributed by atoms with Gasteiger partial charge in [0.25, 0.3) is 0 Å². The number of aromatic nitrogens is 4. The maximum absolute atomic E-state index is 4.81. The predicted molar refractivity (Wildman–Crippen MR) is 85.1 cm³/mol. The van der Waals surface area contributed by atoms with Crippen LogP contribution in [0.15, 0.2) is 48.8 Å². The fourth-order valence-electron chi connectivity index (χ4n) is 3.01. The fraction of sp³-hybridized carbons (Fsp3) is 0.176. The highest BCUT2D eigenvalue weighted by Crippen LogP contribution is 2.29. The summed E-state index contributed by atoms with van der Waals surface area (Å²) >= 11 is 0. The molecule has 0 aliphatic heterocycles. The van der Waals surface area contributed by atoms with Crippen LogP contribution < -0.4 is 0 Å². The number of rotatable bonds is 2. The summed E-state index contributed by atoms with van der Waals surface area (Å²) in [6, 6.07) is 12.5. The van der Waals surface area contributed by atoms with Gasteiger partial charge in [-0.25, -0.2) is 4.98 Å². The third-order valence-corrected chi connectivity index (χ3v) is 4.03. The molecule has 104 valence electrons. The van der Waals surface area contributed by atoms with E-state index in [9.17, 15) is 0 Å². The first-order valence-electron chi connectivity index (χ1n) is 7.14. The molecule has 21 heavy (non-hydrogen) atoms. The molecule has 0 radical (unpaired) electrons. The van der Waals surface area contributed by atoms with Crippen molar-refractivity contribution in [2.45, 2.75) is 13.5 Å². The molecule has 0 atom stereocenters. The monoisotopic (exact) mass is 276 g/mol. The highest BCUT2D eigenvalue weighted by molar-refractivity contribution is 5.87. The van der Waals surface area contributed by atoms with Gasteiger partial charge in [-0.15, -0.1) is 0 Å². The van der Waals surface area contributed by atoms with Gasteiger partial charge in [-0.2, -0.15) is 0 Å². The van der Waals surface area contributed by atoms with Crippen molar-refractivity contribution in [2.75, 3.05) is 0 Å². The van der Waals surface area contributed by atoms with Gasteiger partial charge >= 0.3 is 0 Å². The van der Waals surface area contributed by atoms with Crippen LogP contribution >= 0.6 is 0 Å². The minimum atomic E-state index is 0.909. The SMILES string of the molecule is CCn1c(-c2nc3ccccc3n2C)cc2cnccc21. The Kier molecular flexibility index (Phi) is 2.57. The Morgan fingerprint density at radius 2 is 1.95 bits per heavy atom. The number of benzene rings is 1. The molecule has 0 N–H and O–H groups in total. The molecular formula is C17H16N4. The second kappa shape index (κ2) is 4.45. The Hall–Kier alpha value is -2.62. The summed E-state index contributed by atoms with van der Waals surface area (Å²) in [5.74, 6) is 0.995. The van der Waals surface area contributed by atoms with Gasteiger partial charge in [-0.3, -0.25) is 4.98 Å². The average molecular weight is 276 g/mol. The highest BCUT2D eigenvalue weighted by atomic mass is 15.1. The van der Waals surface area contributed by atoms with Crippen molar-refractivity contribution >= 4 is 21.9 Å². The summed E-state index contributed by atoms with van der Waals surface area (Å²) in [6.45, 7) is 3.07. The molecular weight excluding hydrogens is 260 g/mol. The van der Waals surface area contributed by atoms with E-state index >= 15 is 0 Å². The molecule has 4 aromatic rings. The first kappa shape index (κ1) is 12.1.